The molecule has 5 heteroatoms. The van der Waals surface area contributed by atoms with Gasteiger partial charge in [0.05, 0.1) is 16.4 Å². The lowest BCUT2D eigenvalue weighted by Gasteiger charge is -2.33. The number of halogens is 1. The predicted molar refractivity (Wildman–Crippen MR) is 79.6 cm³/mol. The van der Waals surface area contributed by atoms with Crippen molar-refractivity contribution in [1.82, 2.24) is 20.0 Å². The summed E-state index contributed by atoms with van der Waals surface area (Å²) in [7, 11) is 0. The first-order chi connectivity index (χ1) is 9.15. The van der Waals surface area contributed by atoms with Crippen LogP contribution in [0.15, 0.2) is 0 Å². The number of nitrogens with one attached hydrogen (secondary N) is 1. The average molecular weight is 285 g/mol. The number of nitrogens with zero attached hydrogens (tertiary/aromatic N) is 3. The highest BCUT2D eigenvalue weighted by Gasteiger charge is 2.21. The summed E-state index contributed by atoms with van der Waals surface area (Å²) >= 11 is 6.38. The number of piperazine rings is 1. The molecule has 0 radical (unpaired) electrons. The lowest BCUT2D eigenvalue weighted by molar-refractivity contribution is 0.182. The van der Waals surface area contributed by atoms with E-state index in [1.54, 1.807) is 0 Å². The first kappa shape index (κ1) is 14.8. The highest BCUT2D eigenvalue weighted by Crippen LogP contribution is 2.22. The Morgan fingerprint density at radius 3 is 2.89 bits per heavy atom. The number of hydrogen-bond acceptors (Lipinski definition) is 3. The fourth-order valence-corrected chi connectivity index (χ4v) is 3.01. The van der Waals surface area contributed by atoms with Crippen molar-refractivity contribution >= 4 is 11.6 Å². The van der Waals surface area contributed by atoms with Crippen LogP contribution < -0.4 is 5.32 Å². The highest BCUT2D eigenvalue weighted by molar-refractivity contribution is 6.31. The third kappa shape index (κ3) is 3.50. The Bertz CT molecular complexity index is 414. The number of hydrogen-bond donors (Lipinski definition) is 1. The van der Waals surface area contributed by atoms with Crippen LogP contribution in [0.5, 0.6) is 0 Å². The number of rotatable bonds is 5. The van der Waals surface area contributed by atoms with E-state index in [0.717, 1.165) is 43.4 Å². The van der Waals surface area contributed by atoms with Gasteiger partial charge in [-0.25, -0.2) is 0 Å². The molecule has 1 aromatic rings. The molecular weight excluding hydrogens is 260 g/mol. The fourth-order valence-electron chi connectivity index (χ4n) is 2.81. The molecule has 1 aromatic heterocycles. The van der Waals surface area contributed by atoms with Gasteiger partial charge in [0.15, 0.2) is 0 Å². The molecule has 0 amide bonds. The van der Waals surface area contributed by atoms with Gasteiger partial charge in [0.2, 0.25) is 0 Å². The first-order valence-corrected chi connectivity index (χ1v) is 7.71. The number of aryl methyl sites for hydroxylation is 2. The zero-order chi connectivity index (χ0) is 13.8. The highest BCUT2D eigenvalue weighted by atomic mass is 35.5. The fraction of sp³-hybridized carbons (Fsp3) is 0.786. The minimum Gasteiger partial charge on any atom is -0.311 e. The lowest BCUT2D eigenvalue weighted by Crippen LogP contribution is -2.50. The van der Waals surface area contributed by atoms with Crippen molar-refractivity contribution in [2.24, 2.45) is 0 Å². The SMILES string of the molecule is CCCC1CN(Cc2c(Cl)c(C)nn2CC)CCN1. The molecule has 2 rings (SSSR count). The Kier molecular flexibility index (Phi) is 5.25. The topological polar surface area (TPSA) is 33.1 Å². The summed E-state index contributed by atoms with van der Waals surface area (Å²) in [6, 6.07) is 0.622. The van der Waals surface area contributed by atoms with Gasteiger partial charge < -0.3 is 5.32 Å². The Balaban J connectivity index is 2.04. The minimum atomic E-state index is 0.622. The maximum atomic E-state index is 6.38. The maximum Gasteiger partial charge on any atom is 0.0860 e. The Hall–Kier alpha value is -0.580. The minimum absolute atomic E-state index is 0.622. The Morgan fingerprint density at radius 2 is 2.21 bits per heavy atom. The molecule has 1 unspecified atom stereocenters. The zero-order valence-corrected chi connectivity index (χ0v) is 13.0. The van der Waals surface area contributed by atoms with Crippen LogP contribution in [-0.2, 0) is 13.1 Å². The van der Waals surface area contributed by atoms with E-state index in [9.17, 15) is 0 Å². The predicted octanol–water partition coefficient (Wildman–Crippen LogP) is 2.44. The van der Waals surface area contributed by atoms with Crippen LogP contribution in [0.3, 0.4) is 0 Å². The third-order valence-corrected chi connectivity index (χ3v) is 4.29. The molecule has 1 N–H and O–H groups in total. The molecule has 108 valence electrons. The van der Waals surface area contributed by atoms with Gasteiger partial charge in [0.1, 0.15) is 0 Å². The summed E-state index contributed by atoms with van der Waals surface area (Å²) in [6.45, 7) is 11.4. The summed E-state index contributed by atoms with van der Waals surface area (Å²) in [5.74, 6) is 0. The van der Waals surface area contributed by atoms with Crippen molar-refractivity contribution < 1.29 is 0 Å². The molecule has 1 fully saturated rings. The van der Waals surface area contributed by atoms with Crippen LogP contribution in [0.1, 0.15) is 38.1 Å². The molecule has 0 bridgehead atoms. The van der Waals surface area contributed by atoms with Crippen LogP contribution in [0.25, 0.3) is 0 Å². The zero-order valence-electron chi connectivity index (χ0n) is 12.2. The third-order valence-electron chi connectivity index (χ3n) is 3.80. The van der Waals surface area contributed by atoms with E-state index in [2.05, 4.69) is 29.2 Å². The second-order valence-electron chi connectivity index (χ2n) is 5.34. The van der Waals surface area contributed by atoms with E-state index in [1.807, 2.05) is 11.6 Å². The van der Waals surface area contributed by atoms with Gasteiger partial charge in [-0.2, -0.15) is 5.10 Å². The van der Waals surface area contributed by atoms with Gasteiger partial charge in [-0.1, -0.05) is 24.9 Å². The van der Waals surface area contributed by atoms with E-state index >= 15 is 0 Å². The summed E-state index contributed by atoms with van der Waals surface area (Å²) in [5, 5.41) is 8.92. The van der Waals surface area contributed by atoms with Crippen molar-refractivity contribution in [3.05, 3.63) is 16.4 Å². The lowest BCUT2D eigenvalue weighted by atomic mass is 10.1. The molecule has 2 heterocycles. The van der Waals surface area contributed by atoms with Gasteiger partial charge in [0, 0.05) is 38.8 Å². The van der Waals surface area contributed by atoms with Crippen LogP contribution >= 0.6 is 11.6 Å². The van der Waals surface area contributed by atoms with Crippen molar-refractivity contribution in [1.29, 1.82) is 0 Å². The monoisotopic (exact) mass is 284 g/mol. The Labute approximate surface area is 121 Å². The van der Waals surface area contributed by atoms with Crippen LogP contribution in [0, 0.1) is 6.92 Å². The largest absolute Gasteiger partial charge is 0.311 e. The van der Waals surface area contributed by atoms with E-state index in [1.165, 1.54) is 18.5 Å². The second kappa shape index (κ2) is 6.73. The van der Waals surface area contributed by atoms with Crippen LogP contribution in [0.2, 0.25) is 5.02 Å². The van der Waals surface area contributed by atoms with Gasteiger partial charge >= 0.3 is 0 Å². The van der Waals surface area contributed by atoms with Gasteiger partial charge in [0.25, 0.3) is 0 Å². The number of aromatic nitrogens is 2. The average Bonchev–Trinajstić information content (AvgIpc) is 2.67. The van der Waals surface area contributed by atoms with Crippen molar-refractivity contribution in [2.45, 2.75) is 52.7 Å². The van der Waals surface area contributed by atoms with E-state index in [4.69, 9.17) is 11.6 Å². The summed E-state index contributed by atoms with van der Waals surface area (Å²) in [5.41, 5.74) is 2.11. The van der Waals surface area contributed by atoms with Crippen molar-refractivity contribution in [2.75, 3.05) is 19.6 Å². The Morgan fingerprint density at radius 1 is 1.42 bits per heavy atom. The summed E-state index contributed by atoms with van der Waals surface area (Å²) in [6.07, 6.45) is 2.48. The first-order valence-electron chi connectivity index (χ1n) is 7.33. The maximum absolute atomic E-state index is 6.38. The van der Waals surface area contributed by atoms with E-state index in [-0.39, 0.29) is 0 Å². The molecule has 1 aliphatic heterocycles. The second-order valence-corrected chi connectivity index (χ2v) is 5.71. The van der Waals surface area contributed by atoms with Gasteiger partial charge in [-0.05, 0) is 20.3 Å². The molecule has 4 nitrogen and oxygen atoms in total. The van der Waals surface area contributed by atoms with E-state index < -0.39 is 0 Å². The normalized spacial score (nSPS) is 20.9. The molecule has 0 spiro atoms. The molecule has 0 aliphatic carbocycles. The van der Waals surface area contributed by atoms with Crippen molar-refractivity contribution in [3.8, 4) is 0 Å². The molecule has 1 aliphatic rings. The smallest absolute Gasteiger partial charge is 0.0860 e. The van der Waals surface area contributed by atoms with Gasteiger partial charge in [-0.3, -0.25) is 9.58 Å². The molecule has 19 heavy (non-hydrogen) atoms. The molecule has 1 atom stereocenters. The quantitative estimate of drug-likeness (QED) is 0.902. The molecular formula is C14H25ClN4. The standard InChI is InChI=1S/C14H25ClN4/c1-4-6-12-9-18(8-7-16-12)10-13-14(15)11(3)17-19(13)5-2/h12,16H,4-10H2,1-3H3. The van der Waals surface area contributed by atoms with E-state index in [0.29, 0.717) is 6.04 Å². The molecule has 1 saturated heterocycles. The van der Waals surface area contributed by atoms with Gasteiger partial charge in [-0.15, -0.1) is 0 Å². The summed E-state index contributed by atoms with van der Waals surface area (Å²) < 4.78 is 2.04. The van der Waals surface area contributed by atoms with Crippen molar-refractivity contribution in [3.63, 3.8) is 0 Å². The van der Waals surface area contributed by atoms with Crippen LogP contribution in [0.4, 0.5) is 0 Å². The molecule has 0 saturated carbocycles. The summed E-state index contributed by atoms with van der Waals surface area (Å²) in [4.78, 5) is 2.49. The molecule has 0 aromatic carbocycles. The van der Waals surface area contributed by atoms with Crippen LogP contribution in [-0.4, -0.2) is 40.4 Å².